The lowest BCUT2D eigenvalue weighted by atomic mass is 9.96. The summed E-state index contributed by atoms with van der Waals surface area (Å²) in [6, 6.07) is 24.3. The molecule has 3 aromatic rings. The molecule has 192 valence electrons. The van der Waals surface area contributed by atoms with Gasteiger partial charge in [-0.05, 0) is 41.7 Å². The lowest BCUT2D eigenvalue weighted by Gasteiger charge is -2.25. The number of aliphatic hydroxyl groups is 1. The maximum absolute atomic E-state index is 13.0. The Morgan fingerprint density at radius 2 is 1.65 bits per heavy atom. The van der Waals surface area contributed by atoms with Crippen LogP contribution in [0.1, 0.15) is 30.4 Å². The smallest absolute Gasteiger partial charge is 0.306 e. The minimum atomic E-state index is -1.93. The van der Waals surface area contributed by atoms with Crippen LogP contribution in [-0.2, 0) is 16.0 Å². The molecule has 0 aliphatic carbocycles. The highest BCUT2D eigenvalue weighted by atomic mass is 16.5. The number of carboxylic acid groups (broad SMARTS) is 1. The topological polar surface area (TPSA) is 137 Å². The number of amidine groups is 1. The van der Waals surface area contributed by atoms with Crippen LogP contribution in [0.4, 0.5) is 0 Å². The van der Waals surface area contributed by atoms with Gasteiger partial charge in [-0.1, -0.05) is 66.7 Å². The van der Waals surface area contributed by atoms with E-state index < -0.39 is 29.9 Å². The van der Waals surface area contributed by atoms with Gasteiger partial charge in [0.25, 0.3) is 5.91 Å². The van der Waals surface area contributed by atoms with Crippen molar-refractivity contribution in [3.05, 3.63) is 90.0 Å². The van der Waals surface area contributed by atoms with Crippen molar-refractivity contribution < 1.29 is 24.5 Å². The van der Waals surface area contributed by atoms with Gasteiger partial charge < -0.3 is 25.6 Å². The Bertz CT molecular complexity index is 1240. The fraction of sp³-hybridized carbons (Fsp3) is 0.276. The summed E-state index contributed by atoms with van der Waals surface area (Å²) in [6.45, 7) is 0.546. The lowest BCUT2D eigenvalue weighted by Crippen LogP contribution is -2.43. The number of nitrogens with two attached hydrogens (primary N) is 1. The monoisotopic (exact) mass is 501 g/mol. The highest BCUT2D eigenvalue weighted by molar-refractivity contribution is 5.95. The molecule has 1 aliphatic rings. The van der Waals surface area contributed by atoms with Crippen LogP contribution in [0.15, 0.2) is 78.9 Å². The van der Waals surface area contributed by atoms with E-state index in [9.17, 15) is 19.8 Å². The maximum Gasteiger partial charge on any atom is 0.306 e. The second-order valence-electron chi connectivity index (χ2n) is 9.37. The Labute approximate surface area is 215 Å². The van der Waals surface area contributed by atoms with Gasteiger partial charge in [0.15, 0.2) is 5.60 Å². The first kappa shape index (κ1) is 25.9. The van der Waals surface area contributed by atoms with Gasteiger partial charge in [0, 0.05) is 18.5 Å². The number of amides is 1. The molecule has 1 fully saturated rings. The number of carbonyl (C=O) groups excluding carboxylic acids is 1. The van der Waals surface area contributed by atoms with E-state index in [4.69, 9.17) is 15.9 Å². The molecular formula is C29H31N3O5. The van der Waals surface area contributed by atoms with E-state index in [1.165, 1.54) is 0 Å². The van der Waals surface area contributed by atoms with Gasteiger partial charge in [0.1, 0.15) is 18.2 Å². The number of nitrogen functional groups attached to an aromatic ring is 1. The Morgan fingerprint density at radius 3 is 2.24 bits per heavy atom. The van der Waals surface area contributed by atoms with Gasteiger partial charge in [0.05, 0.1) is 12.5 Å². The third-order valence-corrected chi connectivity index (χ3v) is 6.65. The molecule has 1 amide bonds. The Morgan fingerprint density at radius 1 is 1.03 bits per heavy atom. The van der Waals surface area contributed by atoms with Crippen molar-refractivity contribution in [2.24, 2.45) is 5.73 Å². The highest BCUT2D eigenvalue weighted by Crippen LogP contribution is 2.33. The SMILES string of the molecule is N=C(N)c1ccc(-c2ccc(OC[C@@H]3C[C@@](O)(CC(=O)O)C(=O)N3CCCc3ccccc3)cc2)cc1. The zero-order valence-corrected chi connectivity index (χ0v) is 20.5. The first-order valence-corrected chi connectivity index (χ1v) is 12.2. The van der Waals surface area contributed by atoms with Gasteiger partial charge in [-0.15, -0.1) is 0 Å². The molecule has 0 aromatic heterocycles. The molecule has 0 spiro atoms. The number of carbonyl (C=O) groups is 2. The van der Waals surface area contributed by atoms with E-state index >= 15 is 0 Å². The molecule has 2 atom stereocenters. The van der Waals surface area contributed by atoms with Crippen molar-refractivity contribution in [2.45, 2.75) is 37.3 Å². The van der Waals surface area contributed by atoms with Crippen LogP contribution < -0.4 is 10.5 Å². The number of aliphatic carboxylic acids is 1. The Kier molecular flexibility index (Phi) is 7.89. The van der Waals surface area contributed by atoms with Crippen LogP contribution in [0.25, 0.3) is 11.1 Å². The number of nitrogens with one attached hydrogen (secondary N) is 1. The molecule has 0 radical (unpaired) electrons. The van der Waals surface area contributed by atoms with Gasteiger partial charge in [-0.25, -0.2) is 0 Å². The number of hydrogen-bond acceptors (Lipinski definition) is 5. The first-order chi connectivity index (χ1) is 17.7. The summed E-state index contributed by atoms with van der Waals surface area (Å²) in [4.78, 5) is 25.9. The summed E-state index contributed by atoms with van der Waals surface area (Å²) in [5, 5.41) is 27.6. The summed E-state index contributed by atoms with van der Waals surface area (Å²) in [7, 11) is 0. The number of nitrogens with zero attached hydrogens (tertiary/aromatic N) is 1. The summed E-state index contributed by atoms with van der Waals surface area (Å²) < 4.78 is 5.98. The molecule has 4 rings (SSSR count). The van der Waals surface area contributed by atoms with Gasteiger partial charge in [0.2, 0.25) is 0 Å². The molecule has 0 saturated carbocycles. The molecule has 8 nitrogen and oxygen atoms in total. The molecule has 1 saturated heterocycles. The van der Waals surface area contributed by atoms with E-state index in [-0.39, 0.29) is 18.9 Å². The molecule has 1 heterocycles. The van der Waals surface area contributed by atoms with E-state index in [1.54, 1.807) is 17.0 Å². The standard InChI is InChI=1S/C29H31N3O5/c30-27(31)23-10-8-21(9-11-23)22-12-14-25(15-13-22)37-19-24-17-29(36,18-26(33)34)28(35)32(24)16-4-7-20-5-2-1-3-6-20/h1-3,5-6,8-15,24,36H,4,7,16-19H2,(H3,30,31)(H,33,34)/t24-,29+/m0/s1. The van der Waals surface area contributed by atoms with E-state index in [1.807, 2.05) is 66.7 Å². The molecule has 0 bridgehead atoms. The number of ether oxygens (including phenoxy) is 1. The zero-order chi connectivity index (χ0) is 26.4. The molecule has 37 heavy (non-hydrogen) atoms. The maximum atomic E-state index is 13.0. The first-order valence-electron chi connectivity index (χ1n) is 12.2. The number of carboxylic acids is 1. The second kappa shape index (κ2) is 11.3. The molecular weight excluding hydrogens is 470 g/mol. The minimum Gasteiger partial charge on any atom is -0.491 e. The van der Waals surface area contributed by atoms with Crippen molar-refractivity contribution in [1.29, 1.82) is 5.41 Å². The van der Waals surface area contributed by atoms with Crippen molar-refractivity contribution in [2.75, 3.05) is 13.2 Å². The average molecular weight is 502 g/mol. The van der Waals surface area contributed by atoms with E-state index in [2.05, 4.69) is 0 Å². The number of hydrogen-bond donors (Lipinski definition) is 4. The normalized spacial score (nSPS) is 19.1. The second-order valence-corrected chi connectivity index (χ2v) is 9.37. The average Bonchev–Trinajstić information content (AvgIpc) is 3.12. The minimum absolute atomic E-state index is 0.00402. The quantitative estimate of drug-likeness (QED) is 0.235. The van der Waals surface area contributed by atoms with E-state index in [0.717, 1.165) is 23.1 Å². The van der Waals surface area contributed by atoms with Crippen LogP contribution in [0, 0.1) is 5.41 Å². The zero-order valence-electron chi connectivity index (χ0n) is 20.5. The van der Waals surface area contributed by atoms with Gasteiger partial charge in [-0.2, -0.15) is 0 Å². The highest BCUT2D eigenvalue weighted by Gasteiger charge is 2.51. The third-order valence-electron chi connectivity index (χ3n) is 6.65. The van der Waals surface area contributed by atoms with Crippen molar-refractivity contribution >= 4 is 17.7 Å². The number of benzene rings is 3. The fourth-order valence-corrected chi connectivity index (χ4v) is 4.73. The van der Waals surface area contributed by atoms with Crippen LogP contribution in [-0.4, -0.2) is 57.6 Å². The summed E-state index contributed by atoms with van der Waals surface area (Å²) >= 11 is 0. The lowest BCUT2D eigenvalue weighted by molar-refractivity contribution is -0.153. The van der Waals surface area contributed by atoms with Crippen LogP contribution >= 0.6 is 0 Å². The number of rotatable bonds is 11. The summed E-state index contributed by atoms with van der Waals surface area (Å²) in [5.74, 6) is -1.14. The van der Waals surface area contributed by atoms with Gasteiger partial charge >= 0.3 is 5.97 Å². The van der Waals surface area contributed by atoms with Crippen LogP contribution in [0.3, 0.4) is 0 Å². The third kappa shape index (κ3) is 6.34. The Balaban J connectivity index is 1.41. The van der Waals surface area contributed by atoms with Crippen molar-refractivity contribution in [1.82, 2.24) is 4.90 Å². The van der Waals surface area contributed by atoms with Gasteiger partial charge in [-0.3, -0.25) is 15.0 Å². The largest absolute Gasteiger partial charge is 0.491 e. The molecule has 5 N–H and O–H groups in total. The van der Waals surface area contributed by atoms with E-state index in [0.29, 0.717) is 24.3 Å². The van der Waals surface area contributed by atoms with Crippen LogP contribution in [0.2, 0.25) is 0 Å². The molecule has 1 aliphatic heterocycles. The predicted molar refractivity (Wildman–Crippen MR) is 140 cm³/mol. The number of aryl methyl sites for hydroxylation is 1. The molecule has 0 unspecified atom stereocenters. The van der Waals surface area contributed by atoms with Crippen LogP contribution in [0.5, 0.6) is 5.75 Å². The molecule has 3 aromatic carbocycles. The molecule has 8 heteroatoms. The summed E-state index contributed by atoms with van der Waals surface area (Å²) in [5.41, 5.74) is 7.34. The number of likely N-dealkylation sites (tertiary alicyclic amines) is 1. The van der Waals surface area contributed by atoms with Crippen molar-refractivity contribution in [3.63, 3.8) is 0 Å². The fourth-order valence-electron chi connectivity index (χ4n) is 4.73. The Hall–Kier alpha value is -4.17. The predicted octanol–water partition coefficient (Wildman–Crippen LogP) is 3.46. The van der Waals surface area contributed by atoms with Crippen molar-refractivity contribution in [3.8, 4) is 16.9 Å². The summed E-state index contributed by atoms with van der Waals surface area (Å²) in [6.07, 6.45) is 0.829.